The molecule has 4 nitrogen and oxygen atoms in total. The van der Waals surface area contributed by atoms with Crippen LogP contribution in [0.4, 0.5) is 0 Å². The number of nitrogens with zero attached hydrogens (tertiary/aromatic N) is 3. The largest absolute Gasteiger partial charge is 0.337 e. The molecule has 1 aromatic heterocycles. The molecule has 1 saturated heterocycles. The number of imidazole rings is 1. The number of hydrogen-bond acceptors (Lipinski definition) is 3. The van der Waals surface area contributed by atoms with Crippen molar-refractivity contribution in [3.05, 3.63) is 18.2 Å². The van der Waals surface area contributed by atoms with Gasteiger partial charge in [-0.25, -0.2) is 4.98 Å². The Hall–Kier alpha value is -0.870. The summed E-state index contributed by atoms with van der Waals surface area (Å²) in [6, 6.07) is 0.682. The Labute approximate surface area is 110 Å². The van der Waals surface area contributed by atoms with Crippen molar-refractivity contribution in [2.24, 2.45) is 7.05 Å². The maximum atomic E-state index is 4.44. The van der Waals surface area contributed by atoms with Crippen LogP contribution in [0.1, 0.15) is 38.4 Å². The summed E-state index contributed by atoms with van der Waals surface area (Å²) in [5, 5.41) is 3.56. The highest BCUT2D eigenvalue weighted by atomic mass is 15.2. The molecule has 0 bridgehead atoms. The van der Waals surface area contributed by atoms with Crippen LogP contribution in [-0.2, 0) is 13.6 Å². The highest BCUT2D eigenvalue weighted by molar-refractivity contribution is 4.93. The fourth-order valence-corrected chi connectivity index (χ4v) is 2.68. The lowest BCUT2D eigenvalue weighted by Crippen LogP contribution is -2.45. The Bertz CT molecular complexity index is 347. The molecule has 2 rings (SSSR count). The average molecular weight is 250 g/mol. The molecule has 0 aliphatic carbocycles. The number of aryl methyl sites for hydroxylation is 1. The van der Waals surface area contributed by atoms with E-state index in [1.54, 1.807) is 0 Å². The van der Waals surface area contributed by atoms with E-state index in [2.05, 4.69) is 33.7 Å². The molecule has 102 valence electrons. The Morgan fingerprint density at radius 3 is 3.06 bits per heavy atom. The smallest absolute Gasteiger partial charge is 0.122 e. The van der Waals surface area contributed by atoms with Gasteiger partial charge < -0.3 is 9.88 Å². The van der Waals surface area contributed by atoms with Crippen LogP contribution in [0, 0.1) is 0 Å². The van der Waals surface area contributed by atoms with Crippen molar-refractivity contribution in [2.45, 2.75) is 45.2 Å². The SMILES string of the molecule is CCCNCC1CCCCN1Cc1nccn1C. The van der Waals surface area contributed by atoms with E-state index in [1.807, 2.05) is 12.4 Å². The van der Waals surface area contributed by atoms with Crippen molar-refractivity contribution < 1.29 is 0 Å². The summed E-state index contributed by atoms with van der Waals surface area (Å²) in [5.74, 6) is 1.18. The highest BCUT2D eigenvalue weighted by Gasteiger charge is 2.22. The van der Waals surface area contributed by atoms with Gasteiger partial charge in [-0.3, -0.25) is 4.90 Å². The van der Waals surface area contributed by atoms with Crippen molar-refractivity contribution in [2.75, 3.05) is 19.6 Å². The number of aromatic nitrogens is 2. The second-order valence-electron chi connectivity index (χ2n) is 5.28. The fraction of sp³-hybridized carbons (Fsp3) is 0.786. The molecule has 1 N–H and O–H groups in total. The zero-order chi connectivity index (χ0) is 12.8. The number of likely N-dealkylation sites (tertiary alicyclic amines) is 1. The Morgan fingerprint density at radius 2 is 2.33 bits per heavy atom. The molecule has 0 spiro atoms. The van der Waals surface area contributed by atoms with Gasteiger partial charge in [0.15, 0.2) is 0 Å². The Kier molecular flexibility index (Phi) is 5.20. The summed E-state index contributed by atoms with van der Waals surface area (Å²) in [4.78, 5) is 7.03. The van der Waals surface area contributed by atoms with Gasteiger partial charge in [-0.1, -0.05) is 13.3 Å². The fourth-order valence-electron chi connectivity index (χ4n) is 2.68. The molecule has 1 atom stereocenters. The lowest BCUT2D eigenvalue weighted by Gasteiger charge is -2.35. The zero-order valence-corrected chi connectivity index (χ0v) is 11.7. The topological polar surface area (TPSA) is 33.1 Å². The molecule has 0 aromatic carbocycles. The predicted octanol–water partition coefficient (Wildman–Crippen LogP) is 1.77. The van der Waals surface area contributed by atoms with E-state index in [9.17, 15) is 0 Å². The van der Waals surface area contributed by atoms with E-state index < -0.39 is 0 Å². The normalized spacial score (nSPS) is 21.3. The minimum atomic E-state index is 0.682. The molecule has 1 fully saturated rings. The second kappa shape index (κ2) is 6.90. The first kappa shape index (κ1) is 13.6. The molecular formula is C14H26N4. The number of piperidine rings is 1. The van der Waals surface area contributed by atoms with Crippen LogP contribution >= 0.6 is 0 Å². The average Bonchev–Trinajstić information content (AvgIpc) is 2.78. The lowest BCUT2D eigenvalue weighted by atomic mass is 10.0. The third-order valence-electron chi connectivity index (χ3n) is 3.82. The van der Waals surface area contributed by atoms with Crippen LogP contribution in [0.25, 0.3) is 0 Å². The van der Waals surface area contributed by atoms with E-state index in [-0.39, 0.29) is 0 Å². The molecule has 4 heteroatoms. The third-order valence-corrected chi connectivity index (χ3v) is 3.82. The van der Waals surface area contributed by atoms with E-state index in [1.165, 1.54) is 38.1 Å². The molecule has 1 aliphatic heterocycles. The minimum Gasteiger partial charge on any atom is -0.337 e. The van der Waals surface area contributed by atoms with Crippen molar-refractivity contribution in [3.63, 3.8) is 0 Å². The van der Waals surface area contributed by atoms with E-state index in [0.29, 0.717) is 6.04 Å². The first-order valence-electron chi connectivity index (χ1n) is 7.22. The predicted molar refractivity (Wildman–Crippen MR) is 74.4 cm³/mol. The molecule has 18 heavy (non-hydrogen) atoms. The molecule has 1 aliphatic rings. The molecule has 0 saturated carbocycles. The van der Waals surface area contributed by atoms with Gasteiger partial charge in [-0.05, 0) is 32.4 Å². The molecule has 0 amide bonds. The van der Waals surface area contributed by atoms with E-state index in [4.69, 9.17) is 0 Å². The van der Waals surface area contributed by atoms with E-state index >= 15 is 0 Å². The molecule has 2 heterocycles. The van der Waals surface area contributed by atoms with Crippen LogP contribution in [-0.4, -0.2) is 40.1 Å². The summed E-state index contributed by atoms with van der Waals surface area (Å²) < 4.78 is 2.13. The lowest BCUT2D eigenvalue weighted by molar-refractivity contribution is 0.133. The molecule has 1 unspecified atom stereocenters. The standard InChI is InChI=1S/C14H26N4/c1-3-7-15-11-13-6-4-5-9-18(13)12-14-16-8-10-17(14)2/h8,10,13,15H,3-7,9,11-12H2,1-2H3. The van der Waals surface area contributed by atoms with Gasteiger partial charge in [0.2, 0.25) is 0 Å². The highest BCUT2D eigenvalue weighted by Crippen LogP contribution is 2.18. The van der Waals surface area contributed by atoms with Gasteiger partial charge in [-0.15, -0.1) is 0 Å². The number of hydrogen-bond donors (Lipinski definition) is 1. The van der Waals surface area contributed by atoms with Crippen LogP contribution < -0.4 is 5.32 Å². The molecule has 0 radical (unpaired) electrons. The van der Waals surface area contributed by atoms with Gasteiger partial charge in [0.05, 0.1) is 6.54 Å². The van der Waals surface area contributed by atoms with Crippen LogP contribution in [0.3, 0.4) is 0 Å². The summed E-state index contributed by atoms with van der Waals surface area (Å²) in [6.07, 6.45) is 9.16. The third kappa shape index (κ3) is 3.56. The van der Waals surface area contributed by atoms with Crippen LogP contribution in [0.15, 0.2) is 12.4 Å². The van der Waals surface area contributed by atoms with Gasteiger partial charge in [0.25, 0.3) is 0 Å². The first-order chi connectivity index (χ1) is 8.81. The monoisotopic (exact) mass is 250 g/mol. The number of rotatable bonds is 6. The van der Waals surface area contributed by atoms with Crippen molar-refractivity contribution in [3.8, 4) is 0 Å². The van der Waals surface area contributed by atoms with Crippen LogP contribution in [0.5, 0.6) is 0 Å². The van der Waals surface area contributed by atoms with Gasteiger partial charge in [0.1, 0.15) is 5.82 Å². The van der Waals surface area contributed by atoms with Crippen LogP contribution in [0.2, 0.25) is 0 Å². The Morgan fingerprint density at radius 1 is 1.44 bits per heavy atom. The quantitative estimate of drug-likeness (QED) is 0.781. The van der Waals surface area contributed by atoms with Crippen molar-refractivity contribution in [1.29, 1.82) is 0 Å². The van der Waals surface area contributed by atoms with Gasteiger partial charge in [-0.2, -0.15) is 0 Å². The summed E-state index contributed by atoms with van der Waals surface area (Å²) in [6.45, 7) is 6.68. The summed E-state index contributed by atoms with van der Waals surface area (Å²) in [7, 11) is 2.08. The van der Waals surface area contributed by atoms with Gasteiger partial charge >= 0.3 is 0 Å². The second-order valence-corrected chi connectivity index (χ2v) is 5.28. The molecular weight excluding hydrogens is 224 g/mol. The van der Waals surface area contributed by atoms with Crippen molar-refractivity contribution in [1.82, 2.24) is 19.8 Å². The van der Waals surface area contributed by atoms with Crippen molar-refractivity contribution >= 4 is 0 Å². The summed E-state index contributed by atoms with van der Waals surface area (Å²) >= 11 is 0. The molecule has 1 aromatic rings. The maximum absolute atomic E-state index is 4.44. The number of nitrogens with one attached hydrogen (secondary N) is 1. The van der Waals surface area contributed by atoms with E-state index in [0.717, 1.165) is 19.6 Å². The minimum absolute atomic E-state index is 0.682. The maximum Gasteiger partial charge on any atom is 0.122 e. The zero-order valence-electron chi connectivity index (χ0n) is 11.7. The summed E-state index contributed by atoms with van der Waals surface area (Å²) in [5.41, 5.74) is 0. The Balaban J connectivity index is 1.89. The van der Waals surface area contributed by atoms with Gasteiger partial charge in [0, 0.05) is 32.0 Å². The first-order valence-corrected chi connectivity index (χ1v) is 7.22.